The summed E-state index contributed by atoms with van der Waals surface area (Å²) in [6.45, 7) is 10.5. The lowest BCUT2D eigenvalue weighted by Crippen LogP contribution is -2.44. The van der Waals surface area contributed by atoms with Crippen molar-refractivity contribution in [3.05, 3.63) is 12.3 Å². The third-order valence-electron chi connectivity index (χ3n) is 3.14. The molecule has 0 aromatic heterocycles. The minimum atomic E-state index is 0.0439. The van der Waals surface area contributed by atoms with E-state index in [1.54, 1.807) is 0 Å². The van der Waals surface area contributed by atoms with E-state index in [1.165, 1.54) is 18.9 Å². The van der Waals surface area contributed by atoms with Gasteiger partial charge in [-0.25, -0.2) is 0 Å². The van der Waals surface area contributed by atoms with Gasteiger partial charge in [-0.2, -0.15) is 0 Å². The van der Waals surface area contributed by atoms with Gasteiger partial charge in [-0.1, -0.05) is 26.3 Å². The van der Waals surface area contributed by atoms with Crippen LogP contribution in [0.15, 0.2) is 12.3 Å². The number of hydrogen-bond donors (Lipinski definition) is 0. The quantitative estimate of drug-likeness (QED) is 0.337. The highest BCUT2D eigenvalue weighted by Gasteiger charge is 2.16. The number of nitrogens with zero attached hydrogens (tertiary/aromatic N) is 2. The van der Waals surface area contributed by atoms with Gasteiger partial charge in [-0.05, 0) is 33.6 Å². The van der Waals surface area contributed by atoms with E-state index in [0.717, 1.165) is 13.1 Å². The Kier molecular flexibility index (Phi) is 9.05. The van der Waals surface area contributed by atoms with Crippen LogP contribution in [0, 0.1) is 0 Å². The smallest absolute Gasteiger partial charge is 0.0617 e. The molecule has 0 aliphatic carbocycles. The van der Waals surface area contributed by atoms with Gasteiger partial charge in [0.25, 0.3) is 0 Å². The zero-order valence-corrected chi connectivity index (χ0v) is 12.4. The molecule has 0 N–H and O–H groups in total. The first-order valence-electron chi connectivity index (χ1n) is 6.18. The summed E-state index contributed by atoms with van der Waals surface area (Å²) in [5.74, 6) is 0. The Labute approximate surface area is 98.2 Å². The Morgan fingerprint density at radius 2 is 1.73 bits per heavy atom. The van der Waals surface area contributed by atoms with Gasteiger partial charge in [0, 0.05) is 9.52 Å². The maximum atomic E-state index is 3.82. The molecule has 0 amide bonds. The SMILES string of the molecule is C=C[SiH2]CCCC(N(C)CC)N(C)CC. The van der Waals surface area contributed by atoms with E-state index >= 15 is 0 Å². The van der Waals surface area contributed by atoms with Crippen molar-refractivity contribution in [1.82, 2.24) is 9.80 Å². The van der Waals surface area contributed by atoms with Crippen LogP contribution in [0.3, 0.4) is 0 Å². The molecule has 0 radical (unpaired) electrons. The van der Waals surface area contributed by atoms with E-state index in [-0.39, 0.29) is 9.52 Å². The van der Waals surface area contributed by atoms with Crippen LogP contribution in [-0.4, -0.2) is 52.7 Å². The third kappa shape index (κ3) is 6.13. The van der Waals surface area contributed by atoms with Gasteiger partial charge in [-0.15, -0.1) is 12.3 Å². The molecule has 0 bridgehead atoms. The molecule has 0 saturated heterocycles. The normalized spacial score (nSPS) is 12.5. The van der Waals surface area contributed by atoms with E-state index in [2.05, 4.69) is 50.0 Å². The van der Waals surface area contributed by atoms with Crippen molar-refractivity contribution in [3.63, 3.8) is 0 Å². The van der Waals surface area contributed by atoms with Crippen molar-refractivity contribution >= 4 is 9.52 Å². The molecule has 0 spiro atoms. The van der Waals surface area contributed by atoms with Crippen LogP contribution in [0.5, 0.6) is 0 Å². The fourth-order valence-electron chi connectivity index (χ4n) is 1.81. The summed E-state index contributed by atoms with van der Waals surface area (Å²) < 4.78 is 0. The van der Waals surface area contributed by atoms with Crippen LogP contribution in [0.4, 0.5) is 0 Å². The van der Waals surface area contributed by atoms with Crippen molar-refractivity contribution < 1.29 is 0 Å². The van der Waals surface area contributed by atoms with E-state index in [1.807, 2.05) is 0 Å². The molecule has 2 nitrogen and oxygen atoms in total. The lowest BCUT2D eigenvalue weighted by Gasteiger charge is -2.34. The van der Waals surface area contributed by atoms with Gasteiger partial charge in [-0.3, -0.25) is 9.80 Å². The maximum absolute atomic E-state index is 3.82. The van der Waals surface area contributed by atoms with Gasteiger partial charge in [0.15, 0.2) is 0 Å². The minimum absolute atomic E-state index is 0.0439. The molecule has 0 unspecified atom stereocenters. The second-order valence-electron chi connectivity index (χ2n) is 4.20. The zero-order valence-electron chi connectivity index (χ0n) is 11.0. The Bertz CT molecular complexity index is 152. The lowest BCUT2D eigenvalue weighted by atomic mass is 10.2. The van der Waals surface area contributed by atoms with Crippen LogP contribution < -0.4 is 0 Å². The molecule has 0 aromatic carbocycles. The molecule has 0 aliphatic rings. The molecular weight excluding hydrogens is 200 g/mol. The Morgan fingerprint density at radius 3 is 2.13 bits per heavy atom. The molecule has 0 aliphatic heterocycles. The third-order valence-corrected chi connectivity index (χ3v) is 4.45. The minimum Gasteiger partial charge on any atom is -0.291 e. The summed E-state index contributed by atoms with van der Waals surface area (Å²) in [4.78, 5) is 4.89. The Morgan fingerprint density at radius 1 is 1.20 bits per heavy atom. The fraction of sp³-hybridized carbons (Fsp3) is 0.833. The fourth-order valence-corrected chi connectivity index (χ4v) is 2.68. The van der Waals surface area contributed by atoms with E-state index in [4.69, 9.17) is 0 Å². The Hall–Kier alpha value is -0.123. The van der Waals surface area contributed by atoms with Gasteiger partial charge >= 0.3 is 0 Å². The van der Waals surface area contributed by atoms with E-state index in [0.29, 0.717) is 6.17 Å². The topological polar surface area (TPSA) is 6.48 Å². The molecule has 0 heterocycles. The van der Waals surface area contributed by atoms with E-state index in [9.17, 15) is 0 Å². The van der Waals surface area contributed by atoms with Crippen molar-refractivity contribution in [2.24, 2.45) is 0 Å². The predicted octanol–water partition coefficient (Wildman–Crippen LogP) is 1.73. The summed E-state index contributed by atoms with van der Waals surface area (Å²) in [6, 6.07) is 1.41. The highest BCUT2D eigenvalue weighted by Crippen LogP contribution is 2.10. The van der Waals surface area contributed by atoms with Crippen LogP contribution >= 0.6 is 0 Å². The van der Waals surface area contributed by atoms with Crippen LogP contribution in [0.1, 0.15) is 26.7 Å². The van der Waals surface area contributed by atoms with Gasteiger partial charge in [0.05, 0.1) is 6.17 Å². The van der Waals surface area contributed by atoms with E-state index < -0.39 is 0 Å². The largest absolute Gasteiger partial charge is 0.291 e. The summed E-state index contributed by atoms with van der Waals surface area (Å²) in [5, 5.41) is 0. The molecular formula is C12H28N2Si. The van der Waals surface area contributed by atoms with Crippen LogP contribution in [0.25, 0.3) is 0 Å². The van der Waals surface area contributed by atoms with Crippen LogP contribution in [-0.2, 0) is 0 Å². The summed E-state index contributed by atoms with van der Waals surface area (Å²) in [7, 11) is 4.49. The monoisotopic (exact) mass is 228 g/mol. The zero-order chi connectivity index (χ0) is 11.7. The molecule has 15 heavy (non-hydrogen) atoms. The molecule has 0 rings (SSSR count). The van der Waals surface area contributed by atoms with Crippen molar-refractivity contribution in [1.29, 1.82) is 0 Å². The van der Waals surface area contributed by atoms with Crippen molar-refractivity contribution in [2.75, 3.05) is 27.2 Å². The molecule has 0 aromatic rings. The molecule has 0 saturated carbocycles. The molecule has 3 heteroatoms. The predicted molar refractivity (Wildman–Crippen MR) is 73.2 cm³/mol. The first kappa shape index (κ1) is 14.9. The highest BCUT2D eigenvalue weighted by molar-refractivity contribution is 6.41. The van der Waals surface area contributed by atoms with Gasteiger partial charge < -0.3 is 0 Å². The maximum Gasteiger partial charge on any atom is 0.0617 e. The molecule has 0 fully saturated rings. The summed E-state index contributed by atoms with van der Waals surface area (Å²) >= 11 is 0. The number of hydrogen-bond acceptors (Lipinski definition) is 2. The second-order valence-corrected chi connectivity index (χ2v) is 6.06. The van der Waals surface area contributed by atoms with Crippen molar-refractivity contribution in [3.8, 4) is 0 Å². The average molecular weight is 228 g/mol. The van der Waals surface area contributed by atoms with Crippen LogP contribution in [0.2, 0.25) is 6.04 Å². The van der Waals surface area contributed by atoms with Gasteiger partial charge in [0.1, 0.15) is 0 Å². The Balaban J connectivity index is 3.95. The lowest BCUT2D eigenvalue weighted by molar-refractivity contribution is 0.0833. The first-order chi connectivity index (χ1) is 7.17. The highest BCUT2D eigenvalue weighted by atomic mass is 28.2. The molecule has 0 atom stereocenters. The number of rotatable bonds is 9. The van der Waals surface area contributed by atoms with Gasteiger partial charge in [0.2, 0.25) is 0 Å². The first-order valence-corrected chi connectivity index (χ1v) is 8.00. The second kappa shape index (κ2) is 9.13. The average Bonchev–Trinajstić information content (AvgIpc) is 2.27. The standard InChI is InChI=1S/C12H28N2Si/c1-6-13(4)12(14(5)7-2)10-9-11-15-8-3/h8,12H,3,6-7,9-11,15H2,1-2,4-5H3. The summed E-state index contributed by atoms with van der Waals surface area (Å²) in [5.41, 5.74) is 2.15. The summed E-state index contributed by atoms with van der Waals surface area (Å²) in [6.07, 6.45) is 3.28. The molecule has 90 valence electrons. The van der Waals surface area contributed by atoms with Crippen molar-refractivity contribution in [2.45, 2.75) is 38.9 Å².